The van der Waals surface area contributed by atoms with Crippen LogP contribution in [0.15, 0.2) is 18.2 Å². The van der Waals surface area contributed by atoms with E-state index in [9.17, 15) is 0 Å². The van der Waals surface area contributed by atoms with Crippen molar-refractivity contribution in [3.63, 3.8) is 0 Å². The van der Waals surface area contributed by atoms with Crippen molar-refractivity contribution in [3.05, 3.63) is 29.0 Å². The lowest BCUT2D eigenvalue weighted by Gasteiger charge is -2.18. The monoisotopic (exact) mass is 270 g/mol. The van der Waals surface area contributed by atoms with Crippen LogP contribution in [0.1, 0.15) is 38.6 Å². The zero-order valence-electron chi connectivity index (χ0n) is 10.1. The summed E-state index contributed by atoms with van der Waals surface area (Å²) in [6.45, 7) is 4.37. The van der Waals surface area contributed by atoms with Crippen molar-refractivity contribution in [2.45, 2.75) is 38.6 Å². The van der Waals surface area contributed by atoms with Crippen molar-refractivity contribution in [2.75, 3.05) is 0 Å². The van der Waals surface area contributed by atoms with E-state index in [1.807, 2.05) is 18.2 Å². The molecule has 0 saturated heterocycles. The van der Waals surface area contributed by atoms with Gasteiger partial charge in [0.25, 0.3) is 0 Å². The van der Waals surface area contributed by atoms with Crippen LogP contribution in [0.25, 0.3) is 11.0 Å². The number of imidazole rings is 1. The van der Waals surface area contributed by atoms with Gasteiger partial charge in [-0.05, 0) is 31.0 Å². The molecule has 0 bridgehead atoms. The highest BCUT2D eigenvalue weighted by molar-refractivity contribution is 6.31. The van der Waals surface area contributed by atoms with Gasteiger partial charge in [0.1, 0.15) is 5.82 Å². The number of aromatic nitrogens is 2. The smallest absolute Gasteiger partial charge is 0.125 e. The Kier molecular flexibility index (Phi) is 3.95. The van der Waals surface area contributed by atoms with Crippen molar-refractivity contribution < 1.29 is 0 Å². The molecule has 0 N–H and O–H groups in total. The summed E-state index contributed by atoms with van der Waals surface area (Å²) in [5, 5.41) is 0.741. The maximum atomic E-state index is 6.06. The molecule has 4 heteroatoms. The summed E-state index contributed by atoms with van der Waals surface area (Å²) in [4.78, 5) is 4.56. The lowest BCUT2D eigenvalue weighted by atomic mass is 10.1. The van der Waals surface area contributed by atoms with Gasteiger partial charge in [-0.2, -0.15) is 0 Å². The molecule has 2 aromatic rings. The molecule has 17 heavy (non-hydrogen) atoms. The highest BCUT2D eigenvalue weighted by atomic mass is 35.5. The number of alkyl halides is 1. The SMILES string of the molecule is CCC(CC)n1c(CCl)nc2ccc(Cl)cc21. The third kappa shape index (κ3) is 2.29. The number of hydrogen-bond acceptors (Lipinski definition) is 1. The van der Waals surface area contributed by atoms with Crippen LogP contribution in [0, 0.1) is 0 Å². The highest BCUT2D eigenvalue weighted by Crippen LogP contribution is 2.28. The topological polar surface area (TPSA) is 17.8 Å². The minimum absolute atomic E-state index is 0.433. The molecule has 0 aliphatic rings. The van der Waals surface area contributed by atoms with E-state index < -0.39 is 0 Å². The van der Waals surface area contributed by atoms with E-state index in [1.165, 1.54) is 0 Å². The molecule has 0 aliphatic heterocycles. The van der Waals surface area contributed by atoms with E-state index in [0.29, 0.717) is 11.9 Å². The highest BCUT2D eigenvalue weighted by Gasteiger charge is 2.16. The van der Waals surface area contributed by atoms with Crippen LogP contribution in [0.5, 0.6) is 0 Å². The van der Waals surface area contributed by atoms with Crippen molar-refractivity contribution in [1.82, 2.24) is 9.55 Å². The third-order valence-electron chi connectivity index (χ3n) is 3.15. The normalized spacial score (nSPS) is 11.6. The maximum absolute atomic E-state index is 6.06. The van der Waals surface area contributed by atoms with Crippen LogP contribution in [-0.4, -0.2) is 9.55 Å². The third-order valence-corrected chi connectivity index (χ3v) is 3.63. The number of hydrogen-bond donors (Lipinski definition) is 0. The minimum Gasteiger partial charge on any atom is -0.324 e. The number of halogens is 2. The second kappa shape index (κ2) is 5.28. The molecular weight excluding hydrogens is 255 g/mol. The molecule has 0 atom stereocenters. The molecule has 0 saturated carbocycles. The number of fused-ring (bicyclic) bond motifs is 1. The zero-order chi connectivity index (χ0) is 12.4. The molecule has 2 rings (SSSR count). The first-order valence-electron chi connectivity index (χ1n) is 5.93. The van der Waals surface area contributed by atoms with Crippen LogP contribution in [0.3, 0.4) is 0 Å². The van der Waals surface area contributed by atoms with Gasteiger partial charge in [-0.25, -0.2) is 4.98 Å². The first-order chi connectivity index (χ1) is 8.21. The minimum atomic E-state index is 0.433. The molecule has 0 radical (unpaired) electrons. The molecular formula is C13H16Cl2N2. The van der Waals surface area contributed by atoms with Crippen LogP contribution in [0.4, 0.5) is 0 Å². The molecule has 0 amide bonds. The van der Waals surface area contributed by atoms with Gasteiger partial charge in [0.2, 0.25) is 0 Å². The molecule has 1 aromatic heterocycles. The Labute approximate surface area is 112 Å². The summed E-state index contributed by atoms with van der Waals surface area (Å²) in [5.74, 6) is 1.36. The van der Waals surface area contributed by atoms with Crippen LogP contribution >= 0.6 is 23.2 Å². The molecule has 92 valence electrons. The van der Waals surface area contributed by atoms with E-state index in [-0.39, 0.29) is 0 Å². The lowest BCUT2D eigenvalue weighted by Crippen LogP contribution is -2.09. The van der Waals surface area contributed by atoms with Crippen LogP contribution in [0.2, 0.25) is 5.02 Å². The molecule has 1 aromatic carbocycles. The van der Waals surface area contributed by atoms with Crippen molar-refractivity contribution in [2.24, 2.45) is 0 Å². The van der Waals surface area contributed by atoms with E-state index >= 15 is 0 Å². The fourth-order valence-corrected chi connectivity index (χ4v) is 2.63. The first-order valence-corrected chi connectivity index (χ1v) is 6.84. The van der Waals surface area contributed by atoms with Gasteiger partial charge in [0.15, 0.2) is 0 Å². The van der Waals surface area contributed by atoms with Crippen molar-refractivity contribution in [3.8, 4) is 0 Å². The summed E-state index contributed by atoms with van der Waals surface area (Å²) >= 11 is 12.0. The van der Waals surface area contributed by atoms with Crippen LogP contribution < -0.4 is 0 Å². The van der Waals surface area contributed by atoms with E-state index in [2.05, 4.69) is 23.4 Å². The number of benzene rings is 1. The molecule has 2 nitrogen and oxygen atoms in total. The average molecular weight is 271 g/mol. The van der Waals surface area contributed by atoms with E-state index in [0.717, 1.165) is 34.7 Å². The Morgan fingerprint density at radius 3 is 2.59 bits per heavy atom. The standard InChI is InChI=1S/C13H16Cl2N2/c1-3-10(4-2)17-12-7-9(15)5-6-11(12)16-13(17)8-14/h5-7,10H,3-4,8H2,1-2H3. The van der Waals surface area contributed by atoms with Gasteiger partial charge >= 0.3 is 0 Å². The Balaban J connectivity index is 2.67. The largest absolute Gasteiger partial charge is 0.324 e. The summed E-state index contributed by atoms with van der Waals surface area (Å²) < 4.78 is 2.23. The van der Waals surface area contributed by atoms with Gasteiger partial charge < -0.3 is 4.57 Å². The second-order valence-corrected chi connectivity index (χ2v) is 4.84. The predicted molar refractivity (Wildman–Crippen MR) is 73.9 cm³/mol. The Morgan fingerprint density at radius 1 is 1.29 bits per heavy atom. The molecule has 0 spiro atoms. The number of nitrogens with zero attached hydrogens (tertiary/aromatic N) is 2. The quantitative estimate of drug-likeness (QED) is 0.731. The second-order valence-electron chi connectivity index (χ2n) is 4.14. The summed E-state index contributed by atoms with van der Waals surface area (Å²) in [7, 11) is 0. The van der Waals surface area contributed by atoms with Gasteiger partial charge in [-0.15, -0.1) is 11.6 Å². The zero-order valence-corrected chi connectivity index (χ0v) is 11.6. The lowest BCUT2D eigenvalue weighted by molar-refractivity contribution is 0.472. The summed E-state index contributed by atoms with van der Waals surface area (Å²) in [6.07, 6.45) is 2.14. The Morgan fingerprint density at radius 2 is 2.00 bits per heavy atom. The first kappa shape index (κ1) is 12.7. The van der Waals surface area contributed by atoms with Gasteiger partial charge in [0.05, 0.1) is 16.9 Å². The maximum Gasteiger partial charge on any atom is 0.125 e. The average Bonchev–Trinajstić information content (AvgIpc) is 2.69. The molecule has 1 heterocycles. The van der Waals surface area contributed by atoms with Gasteiger partial charge in [-0.1, -0.05) is 25.4 Å². The molecule has 0 aliphatic carbocycles. The molecule has 0 fully saturated rings. The van der Waals surface area contributed by atoms with Crippen molar-refractivity contribution >= 4 is 34.2 Å². The summed E-state index contributed by atoms with van der Waals surface area (Å²) in [5.41, 5.74) is 2.05. The Hall–Kier alpha value is -0.730. The van der Waals surface area contributed by atoms with Crippen LogP contribution in [-0.2, 0) is 5.88 Å². The van der Waals surface area contributed by atoms with Crippen molar-refractivity contribution in [1.29, 1.82) is 0 Å². The fraction of sp³-hybridized carbons (Fsp3) is 0.462. The fourth-order valence-electron chi connectivity index (χ4n) is 2.27. The number of rotatable bonds is 4. The molecule has 0 unspecified atom stereocenters. The van der Waals surface area contributed by atoms with Gasteiger partial charge in [-0.3, -0.25) is 0 Å². The summed E-state index contributed by atoms with van der Waals surface area (Å²) in [6, 6.07) is 6.23. The predicted octanol–water partition coefficient (Wildman–Crippen LogP) is 4.79. The van der Waals surface area contributed by atoms with E-state index in [4.69, 9.17) is 23.2 Å². The van der Waals surface area contributed by atoms with Gasteiger partial charge in [0, 0.05) is 11.1 Å². The Bertz CT molecular complexity index is 515. The van der Waals surface area contributed by atoms with E-state index in [1.54, 1.807) is 0 Å².